The van der Waals surface area contributed by atoms with Crippen molar-refractivity contribution < 1.29 is 0 Å². The van der Waals surface area contributed by atoms with Gasteiger partial charge < -0.3 is 0 Å². The molecule has 5 aromatic rings. The number of aryl methyl sites for hydroxylation is 1. The zero-order valence-corrected chi connectivity index (χ0v) is 22.3. The van der Waals surface area contributed by atoms with Crippen LogP contribution < -0.4 is 15.9 Å². The zero-order chi connectivity index (χ0) is 25.2. The minimum Gasteiger partial charge on any atom is -0.0622 e. The number of rotatable bonds is 10. The topological polar surface area (TPSA) is 0 Å². The Morgan fingerprint density at radius 2 is 0.838 bits per heavy atom. The van der Waals surface area contributed by atoms with E-state index in [1.165, 1.54) is 32.6 Å². The predicted molar refractivity (Wildman–Crippen MR) is 164 cm³/mol. The Labute approximate surface area is 222 Å². The Kier molecular flexibility index (Phi) is 8.42. The first kappa shape index (κ1) is 24.9. The summed E-state index contributed by atoms with van der Waals surface area (Å²) in [4.78, 5) is 0. The van der Waals surface area contributed by atoms with Crippen LogP contribution in [-0.4, -0.2) is 0 Å². The summed E-state index contributed by atoms with van der Waals surface area (Å²) >= 11 is 0. The van der Waals surface area contributed by atoms with E-state index >= 15 is 0 Å². The average molecular weight is 499 g/mol. The molecule has 0 nitrogen and oxygen atoms in total. The summed E-state index contributed by atoms with van der Waals surface area (Å²) in [7, 11) is -2.26. The molecule has 0 aliphatic carbocycles. The smallest absolute Gasteiger partial charge is 0.0622 e. The summed E-state index contributed by atoms with van der Waals surface area (Å²) in [6.45, 7) is 0. The van der Waals surface area contributed by atoms with Crippen LogP contribution in [0, 0.1) is 0 Å². The van der Waals surface area contributed by atoms with E-state index in [9.17, 15) is 0 Å². The Morgan fingerprint density at radius 3 is 1.32 bits per heavy atom. The molecule has 0 spiro atoms. The summed E-state index contributed by atoms with van der Waals surface area (Å²) in [6, 6.07) is 53.6. The van der Waals surface area contributed by atoms with Crippen molar-refractivity contribution in [1.29, 1.82) is 0 Å². The molecule has 0 fully saturated rings. The summed E-state index contributed by atoms with van der Waals surface area (Å²) in [5.41, 5.74) is 4.17. The molecule has 1 heteroatoms. The van der Waals surface area contributed by atoms with Crippen LogP contribution in [0.5, 0.6) is 0 Å². The SMILES string of the molecule is C(=C\Cc1ccc(C[PH](c2ccccc2)(c2ccccc2)c2ccccc2)cc1)/CCc1ccccc1. The van der Waals surface area contributed by atoms with E-state index in [4.69, 9.17) is 0 Å². The van der Waals surface area contributed by atoms with Gasteiger partial charge in [-0.1, -0.05) is 18.2 Å². The van der Waals surface area contributed by atoms with Crippen molar-refractivity contribution >= 4 is 23.2 Å². The Morgan fingerprint density at radius 1 is 0.405 bits per heavy atom. The van der Waals surface area contributed by atoms with Gasteiger partial charge >= 0.3 is 205 Å². The minimum absolute atomic E-state index is 0.980. The van der Waals surface area contributed by atoms with Gasteiger partial charge in [0.2, 0.25) is 0 Å². The van der Waals surface area contributed by atoms with E-state index in [-0.39, 0.29) is 0 Å². The number of allylic oxidation sites excluding steroid dienone is 2. The molecule has 0 heterocycles. The number of hydrogen-bond acceptors (Lipinski definition) is 0. The normalized spacial score (nSPS) is 12.0. The molecule has 0 saturated heterocycles. The Hall–Kier alpha value is -3.73. The third-order valence-corrected chi connectivity index (χ3v) is 12.2. The third kappa shape index (κ3) is 6.16. The van der Waals surface area contributed by atoms with E-state index in [0.29, 0.717) is 0 Å². The first-order valence-corrected chi connectivity index (χ1v) is 15.5. The molecule has 0 radical (unpaired) electrons. The van der Waals surface area contributed by atoms with Crippen LogP contribution in [0.4, 0.5) is 0 Å². The van der Waals surface area contributed by atoms with Gasteiger partial charge in [0.25, 0.3) is 0 Å². The summed E-state index contributed by atoms with van der Waals surface area (Å²) in [5.74, 6) is 0. The molecule has 0 aromatic heterocycles. The van der Waals surface area contributed by atoms with Gasteiger partial charge in [-0.2, -0.15) is 0 Å². The van der Waals surface area contributed by atoms with Crippen LogP contribution >= 0.6 is 7.26 Å². The second-order valence-electron chi connectivity index (χ2n) is 9.70. The van der Waals surface area contributed by atoms with Gasteiger partial charge in [-0.05, 0) is 0 Å². The molecule has 0 aliphatic heterocycles. The second-order valence-corrected chi connectivity index (χ2v) is 13.6. The van der Waals surface area contributed by atoms with Crippen molar-refractivity contribution in [1.82, 2.24) is 0 Å². The molecule has 0 N–H and O–H groups in total. The molecule has 184 valence electrons. The van der Waals surface area contributed by atoms with E-state index in [1.807, 2.05) is 0 Å². The fraction of sp³-hybridized carbons (Fsp3) is 0.111. The van der Waals surface area contributed by atoms with Gasteiger partial charge in [0.1, 0.15) is 0 Å². The van der Waals surface area contributed by atoms with Gasteiger partial charge in [-0.15, -0.1) is 0 Å². The Balaban J connectivity index is 1.38. The first-order valence-electron chi connectivity index (χ1n) is 13.3. The Bertz CT molecular complexity index is 1280. The van der Waals surface area contributed by atoms with Crippen molar-refractivity contribution in [2.45, 2.75) is 25.4 Å². The molecule has 0 bridgehead atoms. The maximum absolute atomic E-state index is 2.35. The summed E-state index contributed by atoms with van der Waals surface area (Å²) in [6.07, 6.45) is 8.84. The van der Waals surface area contributed by atoms with Crippen LogP contribution in [0.15, 0.2) is 158 Å². The fourth-order valence-electron chi connectivity index (χ4n) is 5.31. The molecule has 0 amide bonds. The van der Waals surface area contributed by atoms with Gasteiger partial charge in [-0.3, -0.25) is 0 Å². The van der Waals surface area contributed by atoms with Gasteiger partial charge in [-0.25, -0.2) is 0 Å². The van der Waals surface area contributed by atoms with E-state index < -0.39 is 7.26 Å². The van der Waals surface area contributed by atoms with Crippen molar-refractivity contribution in [3.63, 3.8) is 0 Å². The first-order chi connectivity index (χ1) is 18.3. The standard InChI is InChI=1S/C36H35P/c1-6-16-31(17-7-1)18-8-2-9-19-32-26-28-33(29-27-32)30-37(34-20-10-3-11-21-34,35-22-12-4-13-23-35)36-24-14-5-15-25-36/h1-7,9-17,20-29,37H,8,18-19,30H2/b9-2+. The minimum atomic E-state index is -2.26. The predicted octanol–water partition coefficient (Wildman–Crippen LogP) is 7.64. The van der Waals surface area contributed by atoms with Crippen LogP contribution in [0.1, 0.15) is 23.1 Å². The van der Waals surface area contributed by atoms with E-state index in [2.05, 4.69) is 158 Å². The van der Waals surface area contributed by atoms with Crippen LogP contribution in [0.2, 0.25) is 0 Å². The van der Waals surface area contributed by atoms with Crippen LogP contribution in [0.25, 0.3) is 0 Å². The quantitative estimate of drug-likeness (QED) is 0.137. The fourth-order valence-corrected chi connectivity index (χ4v) is 10.1. The number of hydrogen-bond donors (Lipinski definition) is 0. The second kappa shape index (κ2) is 12.5. The van der Waals surface area contributed by atoms with Crippen molar-refractivity contribution in [2.24, 2.45) is 0 Å². The van der Waals surface area contributed by atoms with Crippen LogP contribution in [-0.2, 0) is 19.0 Å². The zero-order valence-electron chi connectivity index (χ0n) is 21.3. The maximum atomic E-state index is 2.35. The molecule has 0 saturated carbocycles. The molecular weight excluding hydrogens is 463 g/mol. The average Bonchev–Trinajstić information content (AvgIpc) is 2.98. The molecule has 5 aromatic carbocycles. The molecular formula is C36H35P. The summed E-state index contributed by atoms with van der Waals surface area (Å²) in [5, 5.41) is 4.37. The van der Waals surface area contributed by atoms with Crippen molar-refractivity contribution in [3.05, 3.63) is 174 Å². The molecule has 37 heavy (non-hydrogen) atoms. The molecule has 0 atom stereocenters. The summed E-state index contributed by atoms with van der Waals surface area (Å²) < 4.78 is 0. The van der Waals surface area contributed by atoms with E-state index in [0.717, 1.165) is 25.4 Å². The molecule has 0 unspecified atom stereocenters. The monoisotopic (exact) mass is 498 g/mol. The van der Waals surface area contributed by atoms with Gasteiger partial charge in [0, 0.05) is 0 Å². The van der Waals surface area contributed by atoms with Crippen LogP contribution in [0.3, 0.4) is 0 Å². The van der Waals surface area contributed by atoms with Gasteiger partial charge in [0.15, 0.2) is 0 Å². The van der Waals surface area contributed by atoms with Gasteiger partial charge in [0.05, 0.1) is 0 Å². The number of benzene rings is 5. The molecule has 5 rings (SSSR count). The molecule has 0 aliphatic rings. The van der Waals surface area contributed by atoms with E-state index in [1.54, 1.807) is 0 Å². The van der Waals surface area contributed by atoms with Crippen molar-refractivity contribution in [2.75, 3.05) is 0 Å². The van der Waals surface area contributed by atoms with Crippen molar-refractivity contribution in [3.8, 4) is 0 Å². The third-order valence-electron chi connectivity index (χ3n) is 7.25.